The number of hydrogen-bond donors (Lipinski definition) is 2. The molecule has 1 amide bonds. The number of sulfonamides is 1. The second-order valence-corrected chi connectivity index (χ2v) is 10.1. The maximum Gasteiger partial charge on any atom is 0.265 e. The molecule has 0 unspecified atom stereocenters. The van der Waals surface area contributed by atoms with Gasteiger partial charge in [0.2, 0.25) is 0 Å². The third kappa shape index (κ3) is 5.58. The summed E-state index contributed by atoms with van der Waals surface area (Å²) in [5.41, 5.74) is 1.51. The second kappa shape index (κ2) is 10.4. The van der Waals surface area contributed by atoms with Crippen LogP contribution in [0.5, 0.6) is 5.75 Å². The van der Waals surface area contributed by atoms with E-state index in [0.29, 0.717) is 34.1 Å². The molecule has 6 nitrogen and oxygen atoms in total. The van der Waals surface area contributed by atoms with Crippen molar-refractivity contribution >= 4 is 49.7 Å². The normalized spacial score (nSPS) is 12.2. The fraction of sp³-hybridized carbons (Fsp3) is 0.148. The highest BCUT2D eigenvalue weighted by molar-refractivity contribution is 7.92. The summed E-state index contributed by atoms with van der Waals surface area (Å²) >= 11 is 6.09. The largest absolute Gasteiger partial charge is 0.480 e. The first-order valence-electron chi connectivity index (χ1n) is 11.1. The van der Waals surface area contributed by atoms with Crippen LogP contribution in [-0.2, 0) is 14.8 Å². The number of rotatable bonds is 8. The minimum atomic E-state index is -3.83. The number of benzene rings is 4. The molecule has 0 saturated heterocycles. The molecule has 0 saturated carbocycles. The van der Waals surface area contributed by atoms with Gasteiger partial charge in [0.15, 0.2) is 6.10 Å². The van der Waals surface area contributed by atoms with E-state index < -0.39 is 16.1 Å². The molecule has 2 N–H and O–H groups in total. The predicted octanol–water partition coefficient (Wildman–Crippen LogP) is 6.40. The average Bonchev–Trinajstić information content (AvgIpc) is 2.85. The van der Waals surface area contributed by atoms with E-state index in [1.807, 2.05) is 49.4 Å². The molecule has 180 valence electrons. The van der Waals surface area contributed by atoms with E-state index in [2.05, 4.69) is 10.0 Å². The van der Waals surface area contributed by atoms with Gasteiger partial charge < -0.3 is 10.1 Å². The quantitative estimate of drug-likeness (QED) is 0.288. The Morgan fingerprint density at radius 3 is 2.37 bits per heavy atom. The zero-order valence-corrected chi connectivity index (χ0v) is 20.9. The van der Waals surface area contributed by atoms with E-state index >= 15 is 0 Å². The van der Waals surface area contributed by atoms with Crippen LogP contribution in [0.25, 0.3) is 10.8 Å². The van der Waals surface area contributed by atoms with Crippen LogP contribution in [0.3, 0.4) is 0 Å². The Labute approximate surface area is 209 Å². The van der Waals surface area contributed by atoms with Crippen molar-refractivity contribution in [2.45, 2.75) is 31.3 Å². The molecule has 4 rings (SSSR count). The molecule has 8 heteroatoms. The Kier molecular flexibility index (Phi) is 7.28. The monoisotopic (exact) mass is 508 g/mol. The Bertz CT molecular complexity index is 1470. The van der Waals surface area contributed by atoms with Crippen LogP contribution in [0.2, 0.25) is 5.02 Å². The van der Waals surface area contributed by atoms with Crippen molar-refractivity contribution in [1.82, 2.24) is 0 Å². The molecule has 1 atom stereocenters. The van der Waals surface area contributed by atoms with E-state index in [-0.39, 0.29) is 10.8 Å². The van der Waals surface area contributed by atoms with E-state index in [4.69, 9.17) is 16.3 Å². The van der Waals surface area contributed by atoms with Gasteiger partial charge in [-0.25, -0.2) is 8.42 Å². The van der Waals surface area contributed by atoms with Crippen molar-refractivity contribution in [3.8, 4) is 5.75 Å². The maximum absolute atomic E-state index is 12.9. The molecule has 0 aromatic heterocycles. The van der Waals surface area contributed by atoms with Crippen LogP contribution in [0.1, 0.15) is 18.9 Å². The molecule has 4 aromatic rings. The number of amides is 1. The topological polar surface area (TPSA) is 84.5 Å². The van der Waals surface area contributed by atoms with Gasteiger partial charge in [-0.1, -0.05) is 61.0 Å². The van der Waals surface area contributed by atoms with Crippen LogP contribution in [0.4, 0.5) is 11.4 Å². The Hall–Kier alpha value is -3.55. The van der Waals surface area contributed by atoms with Crippen molar-refractivity contribution in [3.05, 3.63) is 95.5 Å². The van der Waals surface area contributed by atoms with Gasteiger partial charge in [-0.05, 0) is 66.8 Å². The third-order valence-corrected chi connectivity index (χ3v) is 7.42. The van der Waals surface area contributed by atoms with Gasteiger partial charge in [-0.3, -0.25) is 9.52 Å². The standard InChI is InChI=1S/C27H25ClN2O4S/c1-3-25(34-26-13-6-9-19-8-4-5-10-22(19)26)27(31)29-20-14-16-21(17-15-20)35(32,33)30-24-12-7-11-23(28)18(24)2/h4-17,25,30H,3H2,1-2H3,(H,29,31)/t25-/m1/s1. The Morgan fingerprint density at radius 2 is 1.63 bits per heavy atom. The molecule has 0 aliphatic heterocycles. The highest BCUT2D eigenvalue weighted by Gasteiger charge is 2.21. The molecule has 0 heterocycles. The molecular weight excluding hydrogens is 484 g/mol. The number of carbonyl (C=O) groups is 1. The van der Waals surface area contributed by atoms with E-state index in [0.717, 1.165) is 10.8 Å². The first-order valence-corrected chi connectivity index (χ1v) is 13.0. The summed E-state index contributed by atoms with van der Waals surface area (Å²) in [6, 6.07) is 24.5. The van der Waals surface area contributed by atoms with Gasteiger partial charge in [0.05, 0.1) is 10.6 Å². The highest BCUT2D eigenvalue weighted by atomic mass is 35.5. The van der Waals surface area contributed by atoms with E-state index in [1.165, 1.54) is 12.1 Å². The number of nitrogens with one attached hydrogen (secondary N) is 2. The van der Waals surface area contributed by atoms with Crippen LogP contribution >= 0.6 is 11.6 Å². The van der Waals surface area contributed by atoms with E-state index in [1.54, 1.807) is 37.3 Å². The zero-order chi connectivity index (χ0) is 25.0. The lowest BCUT2D eigenvalue weighted by atomic mass is 10.1. The summed E-state index contributed by atoms with van der Waals surface area (Å²) in [5.74, 6) is 0.317. The minimum Gasteiger partial charge on any atom is -0.480 e. The van der Waals surface area contributed by atoms with Crippen LogP contribution in [0, 0.1) is 6.92 Å². The van der Waals surface area contributed by atoms with Crippen molar-refractivity contribution in [2.24, 2.45) is 0 Å². The van der Waals surface area contributed by atoms with Crippen molar-refractivity contribution < 1.29 is 17.9 Å². The fourth-order valence-corrected chi connectivity index (χ4v) is 4.93. The number of fused-ring (bicyclic) bond motifs is 1. The molecule has 0 bridgehead atoms. The molecule has 4 aromatic carbocycles. The van der Waals surface area contributed by atoms with Crippen molar-refractivity contribution in [2.75, 3.05) is 10.0 Å². The lowest BCUT2D eigenvalue weighted by Gasteiger charge is -2.19. The summed E-state index contributed by atoms with van der Waals surface area (Å²) in [4.78, 5) is 13.0. The Morgan fingerprint density at radius 1 is 0.943 bits per heavy atom. The SMILES string of the molecule is CC[C@@H](Oc1cccc2ccccc12)C(=O)Nc1ccc(S(=O)(=O)Nc2cccc(Cl)c2C)cc1. The average molecular weight is 509 g/mol. The first kappa shape index (κ1) is 24.6. The summed E-state index contributed by atoms with van der Waals surface area (Å²) in [7, 11) is -3.83. The minimum absolute atomic E-state index is 0.0638. The summed E-state index contributed by atoms with van der Waals surface area (Å²) < 4.78 is 34.2. The molecule has 0 aliphatic rings. The lowest BCUT2D eigenvalue weighted by Crippen LogP contribution is -2.32. The molecule has 35 heavy (non-hydrogen) atoms. The number of ether oxygens (including phenoxy) is 1. The maximum atomic E-state index is 12.9. The smallest absolute Gasteiger partial charge is 0.265 e. The highest BCUT2D eigenvalue weighted by Crippen LogP contribution is 2.28. The number of carbonyl (C=O) groups excluding carboxylic acids is 1. The number of halogens is 1. The molecular formula is C27H25ClN2O4S. The fourth-order valence-electron chi connectivity index (χ4n) is 3.64. The van der Waals surface area contributed by atoms with Crippen LogP contribution in [0.15, 0.2) is 89.8 Å². The van der Waals surface area contributed by atoms with Gasteiger partial charge in [-0.2, -0.15) is 0 Å². The molecule has 0 radical (unpaired) electrons. The van der Waals surface area contributed by atoms with Gasteiger partial charge in [0.1, 0.15) is 5.75 Å². The van der Waals surface area contributed by atoms with E-state index in [9.17, 15) is 13.2 Å². The zero-order valence-electron chi connectivity index (χ0n) is 19.3. The van der Waals surface area contributed by atoms with Crippen molar-refractivity contribution in [1.29, 1.82) is 0 Å². The predicted molar refractivity (Wildman–Crippen MR) is 141 cm³/mol. The molecule has 0 fully saturated rings. The van der Waals surface area contributed by atoms with Gasteiger partial charge in [-0.15, -0.1) is 0 Å². The summed E-state index contributed by atoms with van der Waals surface area (Å²) in [6.45, 7) is 3.61. The third-order valence-electron chi connectivity index (χ3n) is 5.63. The molecule has 0 aliphatic carbocycles. The van der Waals surface area contributed by atoms with Crippen molar-refractivity contribution in [3.63, 3.8) is 0 Å². The van der Waals surface area contributed by atoms with Crippen LogP contribution < -0.4 is 14.8 Å². The van der Waals surface area contributed by atoms with Gasteiger partial charge >= 0.3 is 0 Å². The van der Waals surface area contributed by atoms with Gasteiger partial charge in [0.25, 0.3) is 15.9 Å². The first-order chi connectivity index (χ1) is 16.8. The van der Waals surface area contributed by atoms with Crippen LogP contribution in [-0.4, -0.2) is 20.4 Å². The second-order valence-electron chi connectivity index (χ2n) is 8.02. The summed E-state index contributed by atoms with van der Waals surface area (Å²) in [5, 5.41) is 5.24. The number of hydrogen-bond acceptors (Lipinski definition) is 4. The molecule has 0 spiro atoms. The summed E-state index contributed by atoms with van der Waals surface area (Å²) in [6.07, 6.45) is -0.249. The van der Waals surface area contributed by atoms with Gasteiger partial charge in [0, 0.05) is 16.1 Å². The lowest BCUT2D eigenvalue weighted by molar-refractivity contribution is -0.122. The number of anilines is 2. The Balaban J connectivity index is 1.46.